The lowest BCUT2D eigenvalue weighted by Gasteiger charge is -2.13. The smallest absolute Gasteiger partial charge is 0.273 e. The van der Waals surface area contributed by atoms with Gasteiger partial charge in [0.15, 0.2) is 0 Å². The van der Waals surface area contributed by atoms with Gasteiger partial charge in [-0.3, -0.25) is 20.4 Å². The molecule has 2 amide bonds. The van der Waals surface area contributed by atoms with Crippen LogP contribution in [0.4, 0.5) is 0 Å². The summed E-state index contributed by atoms with van der Waals surface area (Å²) in [6.45, 7) is 6.45. The van der Waals surface area contributed by atoms with Crippen LogP contribution in [0.25, 0.3) is 0 Å². The van der Waals surface area contributed by atoms with Gasteiger partial charge in [-0.25, -0.2) is 0 Å². The van der Waals surface area contributed by atoms with Crippen LogP contribution in [0.5, 0.6) is 11.5 Å². The second-order valence-corrected chi connectivity index (χ2v) is 5.70. The molecule has 2 aromatic rings. The van der Waals surface area contributed by atoms with Crippen LogP contribution in [0.2, 0.25) is 0 Å². The Bertz CT molecular complexity index is 789. The van der Waals surface area contributed by atoms with E-state index < -0.39 is 11.8 Å². The van der Waals surface area contributed by atoms with E-state index in [0.717, 1.165) is 12.8 Å². The molecule has 0 heterocycles. The van der Waals surface area contributed by atoms with Gasteiger partial charge in [0, 0.05) is 0 Å². The number of ether oxygens (including phenoxy) is 2. The van der Waals surface area contributed by atoms with Gasteiger partial charge in [-0.1, -0.05) is 50.3 Å². The summed E-state index contributed by atoms with van der Waals surface area (Å²) < 4.78 is 11.1. The summed E-state index contributed by atoms with van der Waals surface area (Å²) >= 11 is 0. The van der Waals surface area contributed by atoms with Crippen LogP contribution < -0.4 is 20.3 Å². The van der Waals surface area contributed by atoms with Crippen molar-refractivity contribution in [2.75, 3.05) is 13.2 Å². The highest BCUT2D eigenvalue weighted by atomic mass is 16.5. The van der Waals surface area contributed by atoms with Gasteiger partial charge < -0.3 is 9.47 Å². The molecule has 6 heteroatoms. The summed E-state index contributed by atoms with van der Waals surface area (Å²) in [4.78, 5) is 24.8. The summed E-state index contributed by atoms with van der Waals surface area (Å²) in [6, 6.07) is 13.7. The molecule has 0 aliphatic heterocycles. The van der Waals surface area contributed by atoms with Gasteiger partial charge in [0.05, 0.1) is 17.7 Å². The predicted octanol–water partition coefficient (Wildman–Crippen LogP) is 3.51. The number of hydrogen-bond donors (Lipinski definition) is 2. The molecule has 0 bridgehead atoms. The largest absolute Gasteiger partial charge is 0.493 e. The Labute approximate surface area is 159 Å². The minimum atomic E-state index is -0.479. The van der Waals surface area contributed by atoms with Crippen molar-refractivity contribution in [1.29, 1.82) is 0 Å². The zero-order valence-electron chi connectivity index (χ0n) is 15.4. The number of benzene rings is 2. The topological polar surface area (TPSA) is 76.7 Å². The lowest BCUT2D eigenvalue weighted by molar-refractivity contribution is 0.0842. The van der Waals surface area contributed by atoms with E-state index in [0.29, 0.717) is 29.2 Å². The minimum absolute atomic E-state index is 0.277. The van der Waals surface area contributed by atoms with E-state index in [1.54, 1.807) is 54.6 Å². The molecule has 2 N–H and O–H groups in total. The van der Waals surface area contributed by atoms with Gasteiger partial charge >= 0.3 is 0 Å². The fourth-order valence-electron chi connectivity index (χ4n) is 2.28. The number of carbonyl (C=O) groups excluding carboxylic acids is 2. The van der Waals surface area contributed by atoms with Crippen LogP contribution >= 0.6 is 0 Å². The van der Waals surface area contributed by atoms with Crippen molar-refractivity contribution in [2.45, 2.75) is 19.8 Å². The molecule has 0 aromatic heterocycles. The van der Waals surface area contributed by atoms with Crippen molar-refractivity contribution in [3.63, 3.8) is 0 Å². The van der Waals surface area contributed by atoms with Crippen molar-refractivity contribution in [2.24, 2.45) is 0 Å². The van der Waals surface area contributed by atoms with Crippen molar-refractivity contribution < 1.29 is 19.1 Å². The van der Waals surface area contributed by atoms with Crippen molar-refractivity contribution in [1.82, 2.24) is 10.9 Å². The van der Waals surface area contributed by atoms with Crippen LogP contribution in [0.3, 0.4) is 0 Å². The van der Waals surface area contributed by atoms with E-state index in [-0.39, 0.29) is 6.61 Å². The minimum Gasteiger partial charge on any atom is -0.493 e. The summed E-state index contributed by atoms with van der Waals surface area (Å²) in [5.41, 5.74) is 5.49. The van der Waals surface area contributed by atoms with Crippen molar-refractivity contribution in [3.8, 4) is 11.5 Å². The van der Waals surface area contributed by atoms with Crippen LogP contribution in [-0.4, -0.2) is 25.0 Å². The molecule has 2 rings (SSSR count). The van der Waals surface area contributed by atoms with Crippen LogP contribution in [0.1, 0.15) is 40.5 Å². The number of amides is 2. The van der Waals surface area contributed by atoms with E-state index in [1.807, 2.05) is 0 Å². The Balaban J connectivity index is 2.02. The molecule has 6 nitrogen and oxygen atoms in total. The summed E-state index contributed by atoms with van der Waals surface area (Å²) in [5, 5.41) is 0. The quantitative estimate of drug-likeness (QED) is 0.403. The number of carbonyl (C=O) groups is 2. The molecule has 2 aromatic carbocycles. The van der Waals surface area contributed by atoms with Gasteiger partial charge in [0.25, 0.3) is 11.8 Å². The number of para-hydroxylation sites is 2. The first-order chi connectivity index (χ1) is 13.2. The lowest BCUT2D eigenvalue weighted by Crippen LogP contribution is -2.41. The Morgan fingerprint density at radius 1 is 0.926 bits per heavy atom. The first kappa shape index (κ1) is 20.0. The van der Waals surface area contributed by atoms with E-state index >= 15 is 0 Å². The number of nitrogens with one attached hydrogen (secondary N) is 2. The predicted molar refractivity (Wildman–Crippen MR) is 104 cm³/mol. The second-order valence-electron chi connectivity index (χ2n) is 5.70. The molecule has 0 unspecified atom stereocenters. The lowest BCUT2D eigenvalue weighted by atomic mass is 10.2. The monoisotopic (exact) mass is 368 g/mol. The number of rotatable bonds is 9. The normalized spacial score (nSPS) is 9.96. The third-order valence-corrected chi connectivity index (χ3v) is 3.67. The molecule has 0 saturated carbocycles. The number of unbranched alkanes of at least 4 members (excludes halogenated alkanes) is 1. The maximum absolute atomic E-state index is 12.4. The molecule has 27 heavy (non-hydrogen) atoms. The van der Waals surface area contributed by atoms with Gasteiger partial charge in [-0.2, -0.15) is 0 Å². The Kier molecular flexibility index (Phi) is 7.91. The molecule has 0 atom stereocenters. The van der Waals surface area contributed by atoms with Gasteiger partial charge in [0.2, 0.25) is 0 Å². The molecule has 0 aliphatic carbocycles. The van der Waals surface area contributed by atoms with Crippen molar-refractivity contribution in [3.05, 3.63) is 72.3 Å². The SMILES string of the molecule is C=CCOc1ccccc1C(=O)NNC(=O)c1ccccc1OCCCC. The molecule has 0 aliphatic rings. The summed E-state index contributed by atoms with van der Waals surface area (Å²) in [7, 11) is 0. The van der Waals surface area contributed by atoms with E-state index in [1.165, 1.54) is 0 Å². The fraction of sp³-hybridized carbons (Fsp3) is 0.238. The van der Waals surface area contributed by atoms with Gasteiger partial charge in [-0.15, -0.1) is 0 Å². The zero-order chi connectivity index (χ0) is 19.5. The van der Waals surface area contributed by atoms with Crippen molar-refractivity contribution >= 4 is 11.8 Å². The third-order valence-electron chi connectivity index (χ3n) is 3.67. The van der Waals surface area contributed by atoms with Crippen LogP contribution in [0.15, 0.2) is 61.2 Å². The second kappa shape index (κ2) is 10.7. The molecular weight excluding hydrogens is 344 g/mol. The molecular formula is C21H24N2O4. The molecule has 0 radical (unpaired) electrons. The standard InChI is InChI=1S/C21H24N2O4/c1-3-5-15-27-19-13-9-7-11-17(19)21(25)23-22-20(24)16-10-6-8-12-18(16)26-14-4-2/h4,6-13H,2-3,5,14-15H2,1H3,(H,22,24)(H,23,25). The Morgan fingerprint density at radius 2 is 1.44 bits per heavy atom. The Hall–Kier alpha value is -3.28. The maximum Gasteiger partial charge on any atom is 0.273 e. The highest BCUT2D eigenvalue weighted by Gasteiger charge is 2.15. The Morgan fingerprint density at radius 3 is 1.96 bits per heavy atom. The average molecular weight is 368 g/mol. The van der Waals surface area contributed by atoms with E-state index in [4.69, 9.17) is 9.47 Å². The van der Waals surface area contributed by atoms with Crippen LogP contribution in [0, 0.1) is 0 Å². The highest BCUT2D eigenvalue weighted by molar-refractivity contribution is 6.01. The molecule has 142 valence electrons. The molecule has 0 fully saturated rings. The van der Waals surface area contributed by atoms with Gasteiger partial charge in [0.1, 0.15) is 18.1 Å². The van der Waals surface area contributed by atoms with E-state index in [2.05, 4.69) is 24.4 Å². The highest BCUT2D eigenvalue weighted by Crippen LogP contribution is 2.19. The first-order valence-corrected chi connectivity index (χ1v) is 8.82. The average Bonchev–Trinajstić information content (AvgIpc) is 2.71. The first-order valence-electron chi connectivity index (χ1n) is 8.82. The summed E-state index contributed by atoms with van der Waals surface area (Å²) in [6.07, 6.45) is 3.48. The zero-order valence-corrected chi connectivity index (χ0v) is 15.4. The number of hydrogen-bond acceptors (Lipinski definition) is 4. The number of hydrazine groups is 1. The molecule has 0 saturated heterocycles. The summed E-state index contributed by atoms with van der Waals surface area (Å²) in [5.74, 6) is -0.0489. The maximum atomic E-state index is 12.4. The van der Waals surface area contributed by atoms with Gasteiger partial charge in [-0.05, 0) is 30.7 Å². The van der Waals surface area contributed by atoms with Crippen LogP contribution in [-0.2, 0) is 0 Å². The third kappa shape index (κ3) is 5.88. The van der Waals surface area contributed by atoms with E-state index in [9.17, 15) is 9.59 Å². The fourth-order valence-corrected chi connectivity index (χ4v) is 2.28. The molecule has 0 spiro atoms.